The van der Waals surface area contributed by atoms with E-state index in [1.165, 1.54) is 17.0 Å². The van der Waals surface area contributed by atoms with Crippen LogP contribution in [0.4, 0.5) is 0 Å². The first kappa shape index (κ1) is 14.7. The van der Waals surface area contributed by atoms with Crippen molar-refractivity contribution < 1.29 is 0 Å². The van der Waals surface area contributed by atoms with Crippen LogP contribution < -0.4 is 0 Å². The molecule has 1 aliphatic rings. The second kappa shape index (κ2) is 6.29. The van der Waals surface area contributed by atoms with E-state index in [-0.39, 0.29) is 0 Å². The van der Waals surface area contributed by atoms with Gasteiger partial charge in [-0.15, -0.1) is 11.3 Å². The van der Waals surface area contributed by atoms with Gasteiger partial charge < -0.3 is 0 Å². The maximum Gasteiger partial charge on any atom is 0.134 e. The van der Waals surface area contributed by atoms with E-state index in [9.17, 15) is 5.26 Å². The molecule has 0 amide bonds. The molecule has 0 aliphatic heterocycles. The maximum absolute atomic E-state index is 9.49. The van der Waals surface area contributed by atoms with Gasteiger partial charge in [-0.2, -0.15) is 5.26 Å². The first-order valence-electron chi connectivity index (χ1n) is 7.02. The lowest BCUT2D eigenvalue weighted by Gasteiger charge is -2.15. The van der Waals surface area contributed by atoms with Crippen molar-refractivity contribution in [3.05, 3.63) is 49.0 Å². The Morgan fingerprint density at radius 3 is 3.05 bits per heavy atom. The molecule has 0 fully saturated rings. The zero-order valence-electron chi connectivity index (χ0n) is 11.8. The predicted octanol–water partition coefficient (Wildman–Crippen LogP) is 4.94. The van der Waals surface area contributed by atoms with Gasteiger partial charge in [0.05, 0.1) is 11.3 Å². The van der Waals surface area contributed by atoms with Crippen molar-refractivity contribution in [2.45, 2.75) is 26.2 Å². The van der Waals surface area contributed by atoms with Crippen molar-refractivity contribution in [2.24, 2.45) is 5.92 Å². The van der Waals surface area contributed by atoms with E-state index in [2.05, 4.69) is 41.7 Å². The number of hydrogen-bond acceptors (Lipinski definition) is 3. The molecular weight excluding hydrogens is 391 g/mol. The van der Waals surface area contributed by atoms with Crippen LogP contribution in [0.1, 0.15) is 34.5 Å². The molecule has 1 heterocycles. The van der Waals surface area contributed by atoms with Crippen LogP contribution in [0.5, 0.6) is 0 Å². The number of rotatable bonds is 2. The summed E-state index contributed by atoms with van der Waals surface area (Å²) in [4.78, 5) is 6.08. The van der Waals surface area contributed by atoms with Crippen molar-refractivity contribution >= 4 is 45.6 Å². The van der Waals surface area contributed by atoms with Crippen molar-refractivity contribution in [2.75, 3.05) is 0 Å². The van der Waals surface area contributed by atoms with Gasteiger partial charge in [0.1, 0.15) is 11.1 Å². The average molecular weight is 406 g/mol. The SMILES string of the molecule is C[C@H]1CCc2nc(/C(C#N)=C/c3ccccc3I)sc2C1. The van der Waals surface area contributed by atoms with Gasteiger partial charge in [-0.05, 0) is 65.5 Å². The number of halogens is 1. The van der Waals surface area contributed by atoms with Crippen molar-refractivity contribution in [1.82, 2.24) is 4.98 Å². The van der Waals surface area contributed by atoms with Gasteiger partial charge in [0.25, 0.3) is 0 Å². The first-order chi connectivity index (χ1) is 10.2. The van der Waals surface area contributed by atoms with E-state index in [1.54, 1.807) is 11.3 Å². The molecule has 1 aromatic heterocycles. The van der Waals surface area contributed by atoms with Gasteiger partial charge in [-0.25, -0.2) is 4.98 Å². The van der Waals surface area contributed by atoms with Crippen LogP contribution in [0.2, 0.25) is 0 Å². The van der Waals surface area contributed by atoms with E-state index in [0.29, 0.717) is 5.57 Å². The van der Waals surface area contributed by atoms with Gasteiger partial charge >= 0.3 is 0 Å². The Morgan fingerprint density at radius 1 is 1.48 bits per heavy atom. The highest BCUT2D eigenvalue weighted by atomic mass is 127. The zero-order valence-corrected chi connectivity index (χ0v) is 14.7. The molecule has 0 saturated carbocycles. The molecule has 1 atom stereocenters. The van der Waals surface area contributed by atoms with E-state index in [1.807, 2.05) is 24.3 Å². The summed E-state index contributed by atoms with van der Waals surface area (Å²) in [5.41, 5.74) is 2.96. The van der Waals surface area contributed by atoms with E-state index in [4.69, 9.17) is 4.98 Å². The van der Waals surface area contributed by atoms with Gasteiger partial charge in [-0.1, -0.05) is 25.1 Å². The van der Waals surface area contributed by atoms with Crippen LogP contribution >= 0.6 is 33.9 Å². The van der Waals surface area contributed by atoms with Gasteiger partial charge in [0.15, 0.2) is 0 Å². The standard InChI is InChI=1S/C17H15IN2S/c1-11-6-7-15-16(8-11)21-17(20-15)13(10-19)9-12-4-2-3-5-14(12)18/h2-5,9,11H,6-8H2,1H3/b13-9+/t11-/m0/s1. The fourth-order valence-electron chi connectivity index (χ4n) is 2.54. The summed E-state index contributed by atoms with van der Waals surface area (Å²) in [5.74, 6) is 0.732. The Morgan fingerprint density at radius 2 is 2.29 bits per heavy atom. The lowest BCUT2D eigenvalue weighted by atomic mass is 9.93. The van der Waals surface area contributed by atoms with Gasteiger partial charge in [-0.3, -0.25) is 0 Å². The Labute approximate surface area is 142 Å². The van der Waals surface area contributed by atoms with Crippen LogP contribution in [-0.4, -0.2) is 4.98 Å². The summed E-state index contributed by atoms with van der Waals surface area (Å²) >= 11 is 3.99. The molecule has 0 N–H and O–H groups in total. The van der Waals surface area contributed by atoms with Crippen molar-refractivity contribution in [3.8, 4) is 6.07 Å². The molecule has 0 spiro atoms. The number of aryl methyl sites for hydroxylation is 1. The minimum absolute atomic E-state index is 0.672. The molecule has 106 valence electrons. The monoisotopic (exact) mass is 406 g/mol. The third-order valence-corrected chi connectivity index (χ3v) is 5.88. The lowest BCUT2D eigenvalue weighted by molar-refractivity contribution is 0.502. The summed E-state index contributed by atoms with van der Waals surface area (Å²) < 4.78 is 1.15. The Kier molecular flexibility index (Phi) is 4.41. The van der Waals surface area contributed by atoms with Crippen LogP contribution in [0.15, 0.2) is 24.3 Å². The second-order valence-corrected chi connectivity index (χ2v) is 7.67. The Balaban J connectivity index is 1.98. The summed E-state index contributed by atoms with van der Waals surface area (Å²) in [7, 11) is 0. The third-order valence-electron chi connectivity index (χ3n) is 3.74. The summed E-state index contributed by atoms with van der Waals surface area (Å²) in [6.45, 7) is 2.29. The van der Waals surface area contributed by atoms with Gasteiger partial charge in [0.2, 0.25) is 0 Å². The number of nitriles is 1. The molecule has 0 unspecified atom stereocenters. The number of allylic oxidation sites excluding steroid dienone is 1. The smallest absolute Gasteiger partial charge is 0.134 e. The molecule has 2 nitrogen and oxygen atoms in total. The highest BCUT2D eigenvalue weighted by Gasteiger charge is 2.21. The fourth-order valence-corrected chi connectivity index (χ4v) is 4.32. The average Bonchev–Trinajstić information content (AvgIpc) is 2.89. The molecule has 0 bridgehead atoms. The zero-order chi connectivity index (χ0) is 14.8. The third kappa shape index (κ3) is 3.19. The highest BCUT2D eigenvalue weighted by molar-refractivity contribution is 14.1. The van der Waals surface area contributed by atoms with Crippen LogP contribution in [0, 0.1) is 20.8 Å². The van der Waals surface area contributed by atoms with E-state index < -0.39 is 0 Å². The van der Waals surface area contributed by atoms with Crippen molar-refractivity contribution in [3.63, 3.8) is 0 Å². The summed E-state index contributed by atoms with van der Waals surface area (Å²) in [6, 6.07) is 10.4. The predicted molar refractivity (Wildman–Crippen MR) is 95.9 cm³/mol. The minimum atomic E-state index is 0.672. The summed E-state index contributed by atoms with van der Waals surface area (Å²) in [6.07, 6.45) is 5.32. The molecule has 0 radical (unpaired) electrons. The van der Waals surface area contributed by atoms with Crippen molar-refractivity contribution in [1.29, 1.82) is 5.26 Å². The van der Waals surface area contributed by atoms with E-state index >= 15 is 0 Å². The quantitative estimate of drug-likeness (QED) is 0.524. The minimum Gasteiger partial charge on any atom is -0.240 e. The number of benzene rings is 1. The Hall–Kier alpha value is -1.19. The molecule has 4 heteroatoms. The molecule has 0 saturated heterocycles. The Bertz CT molecular complexity index is 739. The normalized spacial score (nSPS) is 18.1. The molecular formula is C17H15IN2S. The lowest BCUT2D eigenvalue weighted by Crippen LogP contribution is -2.09. The highest BCUT2D eigenvalue weighted by Crippen LogP contribution is 2.33. The molecule has 1 aromatic carbocycles. The number of fused-ring (bicyclic) bond motifs is 1. The van der Waals surface area contributed by atoms with Crippen LogP contribution in [-0.2, 0) is 12.8 Å². The number of thiazole rings is 1. The van der Waals surface area contributed by atoms with Crippen LogP contribution in [0.3, 0.4) is 0 Å². The number of aromatic nitrogens is 1. The topological polar surface area (TPSA) is 36.7 Å². The molecule has 1 aliphatic carbocycles. The first-order valence-corrected chi connectivity index (χ1v) is 8.92. The van der Waals surface area contributed by atoms with Crippen LogP contribution in [0.25, 0.3) is 11.6 Å². The summed E-state index contributed by atoms with van der Waals surface area (Å²) in [5, 5.41) is 10.4. The molecule has 3 rings (SSSR count). The molecule has 2 aromatic rings. The molecule has 21 heavy (non-hydrogen) atoms. The van der Waals surface area contributed by atoms with E-state index in [0.717, 1.165) is 32.9 Å². The fraction of sp³-hybridized carbons (Fsp3) is 0.294. The number of nitrogens with zero attached hydrogens (tertiary/aromatic N) is 2. The second-order valence-electron chi connectivity index (χ2n) is 5.43. The number of hydrogen-bond donors (Lipinski definition) is 0. The maximum atomic E-state index is 9.49. The van der Waals surface area contributed by atoms with Gasteiger partial charge in [0, 0.05) is 8.45 Å². The largest absolute Gasteiger partial charge is 0.240 e.